The fraction of sp³-hybridized carbons (Fsp3) is 0.100. The van der Waals surface area contributed by atoms with Crippen LogP contribution in [0.3, 0.4) is 0 Å². The minimum atomic E-state index is -0.449. The van der Waals surface area contributed by atoms with Crippen molar-refractivity contribution in [2.24, 2.45) is 0 Å². The lowest BCUT2D eigenvalue weighted by Crippen LogP contribution is -2.01. The molecule has 0 amide bonds. The van der Waals surface area contributed by atoms with E-state index in [1.54, 1.807) is 12.3 Å². The fourth-order valence-electron chi connectivity index (χ4n) is 1.30. The highest BCUT2D eigenvalue weighted by molar-refractivity contribution is 5.84. The molecule has 0 aliphatic heterocycles. The van der Waals surface area contributed by atoms with E-state index in [0.29, 0.717) is 0 Å². The Morgan fingerprint density at radius 3 is 3.00 bits per heavy atom. The van der Waals surface area contributed by atoms with E-state index in [0.717, 1.165) is 10.9 Å². The third-order valence-corrected chi connectivity index (χ3v) is 1.89. The number of phenolic OH excluding ortho intramolecular Hbond substituents is 1. The summed E-state index contributed by atoms with van der Waals surface area (Å²) in [5, 5.41) is 10.4. The number of rotatable bonds is 1. The van der Waals surface area contributed by atoms with Crippen LogP contribution in [0.25, 0.3) is 10.9 Å². The van der Waals surface area contributed by atoms with Gasteiger partial charge in [-0.25, -0.2) is 0 Å². The molecule has 0 bridgehead atoms. The summed E-state index contributed by atoms with van der Waals surface area (Å²) in [6, 6.07) is 4.97. The molecule has 0 aliphatic carbocycles. The fourth-order valence-corrected chi connectivity index (χ4v) is 1.30. The van der Waals surface area contributed by atoms with E-state index in [1.165, 1.54) is 13.0 Å². The second-order valence-electron chi connectivity index (χ2n) is 2.98. The maximum absolute atomic E-state index is 10.7. The largest absolute Gasteiger partial charge is 0.504 e. The van der Waals surface area contributed by atoms with Gasteiger partial charge in [-0.15, -0.1) is 0 Å². The topological polar surface area (TPSA) is 62.3 Å². The Morgan fingerprint density at radius 1 is 1.50 bits per heavy atom. The number of hydrogen-bond donors (Lipinski definition) is 2. The van der Waals surface area contributed by atoms with Crippen LogP contribution in [0.1, 0.15) is 6.92 Å². The van der Waals surface area contributed by atoms with Gasteiger partial charge in [0.15, 0.2) is 11.5 Å². The van der Waals surface area contributed by atoms with Gasteiger partial charge in [-0.05, 0) is 12.1 Å². The number of aromatic amines is 1. The Bertz CT molecular complexity index is 487. The summed E-state index contributed by atoms with van der Waals surface area (Å²) in [6.45, 7) is 1.29. The zero-order valence-electron chi connectivity index (χ0n) is 7.57. The van der Waals surface area contributed by atoms with Crippen LogP contribution in [0.2, 0.25) is 0 Å². The van der Waals surface area contributed by atoms with Crippen LogP contribution in [0.5, 0.6) is 11.5 Å². The van der Waals surface area contributed by atoms with Crippen LogP contribution in [-0.4, -0.2) is 16.1 Å². The number of carbonyl (C=O) groups excluding carboxylic acids is 1. The Kier molecular flexibility index (Phi) is 1.89. The molecule has 0 aliphatic rings. The molecule has 4 nitrogen and oxygen atoms in total. The quantitative estimate of drug-likeness (QED) is 0.533. The lowest BCUT2D eigenvalue weighted by Gasteiger charge is -2.03. The Labute approximate surface area is 80.1 Å². The monoisotopic (exact) mass is 191 g/mol. The molecular weight excluding hydrogens is 182 g/mol. The molecule has 1 aromatic carbocycles. The number of fused-ring (bicyclic) bond motifs is 1. The summed E-state index contributed by atoms with van der Waals surface area (Å²) in [4.78, 5) is 13.6. The number of esters is 1. The van der Waals surface area contributed by atoms with E-state index >= 15 is 0 Å². The molecular formula is C10H9NO3. The van der Waals surface area contributed by atoms with E-state index in [2.05, 4.69) is 4.98 Å². The predicted molar refractivity (Wildman–Crippen MR) is 51.3 cm³/mol. The molecule has 2 aromatic rings. The van der Waals surface area contributed by atoms with Crippen molar-refractivity contribution in [1.29, 1.82) is 0 Å². The van der Waals surface area contributed by atoms with Crippen molar-refractivity contribution >= 4 is 16.9 Å². The SMILES string of the molecule is CC(=O)Oc1cc2cc[nH]c2cc1O. The minimum Gasteiger partial charge on any atom is -0.504 e. The minimum absolute atomic E-state index is 0.0462. The molecule has 1 heterocycles. The van der Waals surface area contributed by atoms with Crippen LogP contribution in [0.4, 0.5) is 0 Å². The average molecular weight is 191 g/mol. The Balaban J connectivity index is 2.53. The third-order valence-electron chi connectivity index (χ3n) is 1.89. The van der Waals surface area contributed by atoms with Gasteiger partial charge < -0.3 is 14.8 Å². The highest BCUT2D eigenvalue weighted by Crippen LogP contribution is 2.30. The number of hydrogen-bond acceptors (Lipinski definition) is 3. The summed E-state index contributed by atoms with van der Waals surface area (Å²) in [5.74, 6) is -0.310. The zero-order valence-corrected chi connectivity index (χ0v) is 7.57. The van der Waals surface area contributed by atoms with Crippen molar-refractivity contribution in [2.45, 2.75) is 6.92 Å². The smallest absolute Gasteiger partial charge is 0.308 e. The van der Waals surface area contributed by atoms with Gasteiger partial charge in [-0.1, -0.05) is 0 Å². The van der Waals surface area contributed by atoms with Gasteiger partial charge in [0.2, 0.25) is 0 Å². The predicted octanol–water partition coefficient (Wildman–Crippen LogP) is 1.80. The molecule has 0 fully saturated rings. The third kappa shape index (κ3) is 1.42. The van der Waals surface area contributed by atoms with Crippen LogP contribution >= 0.6 is 0 Å². The summed E-state index contributed by atoms with van der Waals surface area (Å²) in [7, 11) is 0. The number of aromatic nitrogens is 1. The number of nitrogens with one attached hydrogen (secondary N) is 1. The summed E-state index contributed by atoms with van der Waals surface area (Å²) < 4.78 is 4.82. The molecule has 0 unspecified atom stereocenters. The molecule has 2 N–H and O–H groups in total. The van der Waals surface area contributed by atoms with E-state index in [1.807, 2.05) is 6.07 Å². The molecule has 0 saturated carbocycles. The number of benzene rings is 1. The van der Waals surface area contributed by atoms with Crippen LogP contribution < -0.4 is 4.74 Å². The van der Waals surface area contributed by atoms with E-state index in [4.69, 9.17) is 4.74 Å². The number of aromatic hydroxyl groups is 1. The first kappa shape index (κ1) is 8.62. The van der Waals surface area contributed by atoms with Gasteiger partial charge >= 0.3 is 5.97 Å². The molecule has 0 saturated heterocycles. The number of phenols is 1. The Morgan fingerprint density at radius 2 is 2.29 bits per heavy atom. The highest BCUT2D eigenvalue weighted by Gasteiger charge is 2.07. The maximum Gasteiger partial charge on any atom is 0.308 e. The summed E-state index contributed by atoms with van der Waals surface area (Å²) in [5.41, 5.74) is 0.804. The van der Waals surface area contributed by atoms with Gasteiger partial charge in [0.05, 0.1) is 0 Å². The van der Waals surface area contributed by atoms with Gasteiger partial charge in [-0.3, -0.25) is 4.79 Å². The number of ether oxygens (including phenoxy) is 1. The average Bonchev–Trinajstić information content (AvgIpc) is 2.51. The lowest BCUT2D eigenvalue weighted by atomic mass is 10.2. The molecule has 0 atom stereocenters. The molecule has 0 spiro atoms. The number of carbonyl (C=O) groups is 1. The first-order chi connectivity index (χ1) is 6.66. The van der Waals surface area contributed by atoms with Gasteiger partial charge in [-0.2, -0.15) is 0 Å². The van der Waals surface area contributed by atoms with Crippen LogP contribution in [-0.2, 0) is 4.79 Å². The van der Waals surface area contributed by atoms with Gasteiger partial charge in [0, 0.05) is 30.1 Å². The molecule has 4 heteroatoms. The molecule has 0 radical (unpaired) electrons. The van der Waals surface area contributed by atoms with Crippen LogP contribution in [0, 0.1) is 0 Å². The first-order valence-electron chi connectivity index (χ1n) is 4.15. The zero-order chi connectivity index (χ0) is 10.1. The van der Waals surface area contributed by atoms with Crippen molar-refractivity contribution in [2.75, 3.05) is 0 Å². The first-order valence-corrected chi connectivity index (χ1v) is 4.15. The van der Waals surface area contributed by atoms with Crippen molar-refractivity contribution in [3.8, 4) is 11.5 Å². The number of H-pyrrole nitrogens is 1. The van der Waals surface area contributed by atoms with Gasteiger partial charge in [0.1, 0.15) is 0 Å². The second kappa shape index (κ2) is 3.06. The van der Waals surface area contributed by atoms with Crippen molar-refractivity contribution in [3.63, 3.8) is 0 Å². The molecule has 72 valence electrons. The molecule has 14 heavy (non-hydrogen) atoms. The standard InChI is InChI=1S/C10H9NO3/c1-6(12)14-10-4-7-2-3-11-8(7)5-9(10)13/h2-5,11,13H,1H3. The summed E-state index contributed by atoms with van der Waals surface area (Å²) in [6.07, 6.45) is 1.75. The van der Waals surface area contributed by atoms with E-state index < -0.39 is 5.97 Å². The Hall–Kier alpha value is -1.97. The maximum atomic E-state index is 10.7. The van der Waals surface area contributed by atoms with Crippen LogP contribution in [0.15, 0.2) is 24.4 Å². The van der Waals surface area contributed by atoms with Crippen molar-refractivity contribution in [3.05, 3.63) is 24.4 Å². The van der Waals surface area contributed by atoms with Crippen molar-refractivity contribution < 1.29 is 14.6 Å². The molecule has 1 aromatic heterocycles. The van der Waals surface area contributed by atoms with E-state index in [9.17, 15) is 9.90 Å². The van der Waals surface area contributed by atoms with Gasteiger partial charge in [0.25, 0.3) is 0 Å². The lowest BCUT2D eigenvalue weighted by molar-refractivity contribution is -0.132. The van der Waals surface area contributed by atoms with E-state index in [-0.39, 0.29) is 11.5 Å². The van der Waals surface area contributed by atoms with Crippen molar-refractivity contribution in [1.82, 2.24) is 4.98 Å². The summed E-state index contributed by atoms with van der Waals surface area (Å²) >= 11 is 0. The normalized spacial score (nSPS) is 10.4. The molecule has 2 rings (SSSR count). The highest BCUT2D eigenvalue weighted by atomic mass is 16.5. The second-order valence-corrected chi connectivity index (χ2v) is 2.98.